The fraction of sp³-hybridized carbons (Fsp3) is 0.500. The van der Waals surface area contributed by atoms with E-state index in [1.165, 1.54) is 4.90 Å². The van der Waals surface area contributed by atoms with Crippen LogP contribution in [0, 0.1) is 11.8 Å². The number of hydrogen-bond acceptors (Lipinski definition) is 11. The van der Waals surface area contributed by atoms with E-state index in [0.29, 0.717) is 17.8 Å². The summed E-state index contributed by atoms with van der Waals surface area (Å²) in [6.07, 6.45) is 0.171. The largest absolute Gasteiger partial charge is 0.510 e. The predicted octanol–water partition coefficient (Wildman–Crippen LogP) is -0.588. The van der Waals surface area contributed by atoms with Gasteiger partial charge in [0.15, 0.2) is 11.4 Å². The van der Waals surface area contributed by atoms with Crippen molar-refractivity contribution in [2.45, 2.75) is 38.0 Å². The molecule has 3 aliphatic rings. The summed E-state index contributed by atoms with van der Waals surface area (Å²) in [4.78, 5) is 55.1. The number of nitrogens with one attached hydrogen (secondary N) is 2. The van der Waals surface area contributed by atoms with Crippen LogP contribution in [0.1, 0.15) is 34.8 Å². The van der Waals surface area contributed by atoms with E-state index < -0.39 is 58.0 Å². The van der Waals surface area contributed by atoms with E-state index in [1.54, 1.807) is 39.2 Å². The number of nitrogens with zero attached hydrogens (tertiary/aromatic N) is 2. The van der Waals surface area contributed by atoms with E-state index in [1.807, 2.05) is 6.92 Å². The number of rotatable bonds is 8. The molecule has 8 N–H and O–H groups in total. The minimum absolute atomic E-state index is 0.00162. The van der Waals surface area contributed by atoms with Crippen LogP contribution in [0.25, 0.3) is 0 Å². The van der Waals surface area contributed by atoms with Crippen molar-refractivity contribution in [3.63, 3.8) is 0 Å². The molecule has 2 amide bonds. The van der Waals surface area contributed by atoms with Crippen molar-refractivity contribution in [3.8, 4) is 5.75 Å². The second-order valence-corrected chi connectivity index (χ2v) is 11.2. The molecule has 0 bridgehead atoms. The third kappa shape index (κ3) is 4.63. The van der Waals surface area contributed by atoms with E-state index in [-0.39, 0.29) is 54.3 Å². The number of aromatic hydroxyl groups is 1. The molecule has 1 aromatic carbocycles. The monoisotopic (exact) mass is 571 g/mol. The zero-order valence-electron chi connectivity index (χ0n) is 23.7. The maximum Gasteiger partial charge on any atom is 0.255 e. The number of phenols is 1. The van der Waals surface area contributed by atoms with Gasteiger partial charge in [-0.25, -0.2) is 0 Å². The standard InChI is InChI=1S/C28H37N5O8/c1-6-30-11-17(34)31-10-13-9-16(32(2)3)14-7-12-8-15-21(33(4)5)24(37)20(27(29)40)26(39)28(15,41)25(38)18(12)23(36)19(14)22(13)35/h9,12,15,21,30,35,37-38,41H,6-8,10-11H2,1-5H3,(H2,29,40)(H,31,34)/t12-,15-,21?,28-/m0/s1. The van der Waals surface area contributed by atoms with E-state index in [9.17, 15) is 39.6 Å². The Bertz CT molecular complexity index is 1400. The number of Topliss-reactive ketones (excluding diaryl/α,β-unsaturated/α-hetero) is 2. The summed E-state index contributed by atoms with van der Waals surface area (Å²) in [5, 5.41) is 50.9. The van der Waals surface area contributed by atoms with Crippen molar-refractivity contribution in [1.82, 2.24) is 15.5 Å². The Morgan fingerprint density at radius 3 is 2.37 bits per heavy atom. The van der Waals surface area contributed by atoms with Crippen molar-refractivity contribution in [3.05, 3.63) is 45.4 Å². The quantitative estimate of drug-likeness (QED) is 0.196. The molecule has 0 radical (unpaired) electrons. The molecule has 0 saturated heterocycles. The third-order valence-electron chi connectivity index (χ3n) is 8.27. The Labute approximate surface area is 237 Å². The summed E-state index contributed by atoms with van der Waals surface area (Å²) in [7, 11) is 6.69. The molecular formula is C28H37N5O8. The number of phenolic OH excluding ortho intramolecular Hbond substituents is 1. The van der Waals surface area contributed by atoms with Gasteiger partial charge in [0, 0.05) is 43.4 Å². The maximum absolute atomic E-state index is 14.0. The molecule has 1 aromatic rings. The summed E-state index contributed by atoms with van der Waals surface area (Å²) in [5.74, 6) is -7.36. The highest BCUT2D eigenvalue weighted by Crippen LogP contribution is 2.53. The summed E-state index contributed by atoms with van der Waals surface area (Å²) < 4.78 is 0. The van der Waals surface area contributed by atoms with Crippen LogP contribution in [0.2, 0.25) is 0 Å². The molecule has 0 aromatic heterocycles. The van der Waals surface area contributed by atoms with Gasteiger partial charge in [-0.2, -0.15) is 0 Å². The van der Waals surface area contributed by atoms with Gasteiger partial charge in [-0.3, -0.25) is 24.1 Å². The van der Waals surface area contributed by atoms with Crippen molar-refractivity contribution in [1.29, 1.82) is 0 Å². The van der Waals surface area contributed by atoms with Crippen LogP contribution in [-0.2, 0) is 27.3 Å². The van der Waals surface area contributed by atoms with E-state index >= 15 is 0 Å². The van der Waals surface area contributed by atoms with E-state index in [0.717, 1.165) is 0 Å². The number of benzene rings is 1. The first-order valence-corrected chi connectivity index (χ1v) is 13.4. The summed E-state index contributed by atoms with van der Waals surface area (Å²) in [5.41, 5.74) is 2.86. The molecule has 3 aliphatic carbocycles. The number of ketones is 2. The number of anilines is 1. The zero-order chi connectivity index (χ0) is 30.5. The van der Waals surface area contributed by atoms with Gasteiger partial charge in [-0.15, -0.1) is 0 Å². The van der Waals surface area contributed by atoms with Gasteiger partial charge in [0.2, 0.25) is 11.7 Å². The number of allylic oxidation sites excluding steroid dienone is 1. The molecule has 4 atom stereocenters. The topological polar surface area (TPSA) is 206 Å². The molecule has 1 unspecified atom stereocenters. The molecule has 41 heavy (non-hydrogen) atoms. The predicted molar refractivity (Wildman–Crippen MR) is 148 cm³/mol. The van der Waals surface area contributed by atoms with Crippen LogP contribution in [-0.4, -0.2) is 102 Å². The number of carbonyl (C=O) groups excluding carboxylic acids is 4. The van der Waals surface area contributed by atoms with Crippen LogP contribution in [0.5, 0.6) is 5.75 Å². The SMILES string of the molecule is CCNCC(=O)NCc1cc(N(C)C)c2c(c1O)C(=O)C1=C(O)[C@]3(O)C(=O)C(C(N)=O)=C(O)C(N(C)C)[C@@H]3C[C@@H]1C2. The van der Waals surface area contributed by atoms with E-state index in [2.05, 4.69) is 10.6 Å². The molecule has 222 valence electrons. The first kappa shape index (κ1) is 30.0. The Kier molecular flexibility index (Phi) is 7.91. The van der Waals surface area contributed by atoms with Crippen LogP contribution in [0.4, 0.5) is 5.69 Å². The molecule has 0 aliphatic heterocycles. The van der Waals surface area contributed by atoms with Crippen molar-refractivity contribution >= 4 is 29.1 Å². The number of carbonyl (C=O) groups is 4. The average Bonchev–Trinajstić information content (AvgIpc) is 2.88. The summed E-state index contributed by atoms with van der Waals surface area (Å²) in [6.45, 7) is 2.45. The van der Waals surface area contributed by atoms with Crippen molar-refractivity contribution < 1.29 is 39.6 Å². The van der Waals surface area contributed by atoms with Crippen LogP contribution in [0.15, 0.2) is 28.7 Å². The molecule has 13 heteroatoms. The number of primary amides is 1. The maximum atomic E-state index is 14.0. The lowest BCUT2D eigenvalue weighted by Gasteiger charge is -2.50. The van der Waals surface area contributed by atoms with Crippen LogP contribution in [0.3, 0.4) is 0 Å². The molecular weight excluding hydrogens is 534 g/mol. The zero-order valence-corrected chi connectivity index (χ0v) is 23.7. The number of aliphatic hydroxyl groups excluding tert-OH is 2. The van der Waals surface area contributed by atoms with Gasteiger partial charge in [-0.1, -0.05) is 6.92 Å². The number of hydrogen-bond donors (Lipinski definition) is 7. The number of nitrogens with two attached hydrogens (primary N) is 1. The molecule has 0 spiro atoms. The molecule has 13 nitrogen and oxygen atoms in total. The van der Waals surface area contributed by atoms with E-state index in [4.69, 9.17) is 5.73 Å². The van der Waals surface area contributed by atoms with Crippen molar-refractivity contribution in [2.24, 2.45) is 17.6 Å². The minimum Gasteiger partial charge on any atom is -0.510 e. The van der Waals surface area contributed by atoms with Gasteiger partial charge in [0.05, 0.1) is 18.2 Å². The highest BCUT2D eigenvalue weighted by Gasteiger charge is 2.63. The fourth-order valence-electron chi connectivity index (χ4n) is 6.38. The normalized spacial score (nSPS) is 25.6. The Hall–Kier alpha value is -3.94. The Balaban J connectivity index is 1.87. The smallest absolute Gasteiger partial charge is 0.255 e. The van der Waals surface area contributed by atoms with Crippen LogP contribution < -0.4 is 21.3 Å². The average molecular weight is 572 g/mol. The number of fused-ring (bicyclic) bond motifs is 3. The minimum atomic E-state index is -2.71. The Morgan fingerprint density at radius 2 is 1.80 bits per heavy atom. The van der Waals surface area contributed by atoms with Gasteiger partial charge >= 0.3 is 0 Å². The Morgan fingerprint density at radius 1 is 1.15 bits per heavy atom. The lowest BCUT2D eigenvalue weighted by atomic mass is 9.58. The van der Waals surface area contributed by atoms with Crippen molar-refractivity contribution in [2.75, 3.05) is 46.2 Å². The molecule has 0 heterocycles. The third-order valence-corrected chi connectivity index (χ3v) is 8.27. The number of likely N-dealkylation sites (N-methyl/N-ethyl adjacent to an activating group) is 2. The molecule has 0 fully saturated rings. The molecule has 0 saturated carbocycles. The first-order valence-electron chi connectivity index (χ1n) is 13.4. The first-order chi connectivity index (χ1) is 19.2. The lowest BCUT2D eigenvalue weighted by molar-refractivity contribution is -0.148. The van der Waals surface area contributed by atoms with Gasteiger partial charge in [-0.05, 0) is 51.0 Å². The number of aliphatic hydroxyl groups is 3. The lowest BCUT2D eigenvalue weighted by Crippen LogP contribution is -2.63. The highest BCUT2D eigenvalue weighted by molar-refractivity contribution is 6.25. The summed E-state index contributed by atoms with van der Waals surface area (Å²) in [6, 6.07) is 0.624. The summed E-state index contributed by atoms with van der Waals surface area (Å²) >= 11 is 0. The van der Waals surface area contributed by atoms with Crippen LogP contribution >= 0.6 is 0 Å². The van der Waals surface area contributed by atoms with Gasteiger partial charge in [0.1, 0.15) is 22.8 Å². The second-order valence-electron chi connectivity index (χ2n) is 11.2. The highest BCUT2D eigenvalue weighted by atomic mass is 16.3. The van der Waals surface area contributed by atoms with Gasteiger partial charge < -0.3 is 41.7 Å². The fourth-order valence-corrected chi connectivity index (χ4v) is 6.38. The second kappa shape index (κ2) is 10.8. The molecule has 4 rings (SSSR count). The number of amides is 2. The van der Waals surface area contributed by atoms with Gasteiger partial charge in [0.25, 0.3) is 5.91 Å².